The fraction of sp³-hybridized carbons (Fsp3) is 0.214. The Bertz CT molecular complexity index is 582. The van der Waals surface area contributed by atoms with Crippen molar-refractivity contribution in [3.63, 3.8) is 0 Å². The predicted molar refractivity (Wildman–Crippen MR) is 74.6 cm³/mol. The summed E-state index contributed by atoms with van der Waals surface area (Å²) in [5.41, 5.74) is 2.50. The molecule has 1 heterocycles. The van der Waals surface area contributed by atoms with E-state index >= 15 is 0 Å². The minimum atomic E-state index is -0.185. The van der Waals surface area contributed by atoms with Crippen molar-refractivity contribution >= 4 is 22.9 Å². The largest absolute Gasteiger partial charge is 0.506 e. The third-order valence-electron chi connectivity index (χ3n) is 2.79. The summed E-state index contributed by atoms with van der Waals surface area (Å²) in [4.78, 5) is 13.8. The molecule has 2 N–H and O–H groups in total. The minimum absolute atomic E-state index is 0.0911. The number of aromatic hydroxyl groups is 1. The smallest absolute Gasteiger partial charge is 0.265 e. The highest BCUT2D eigenvalue weighted by Gasteiger charge is 2.12. The van der Waals surface area contributed by atoms with Gasteiger partial charge in [0, 0.05) is 4.88 Å². The second kappa shape index (κ2) is 4.82. The Morgan fingerprint density at radius 3 is 2.50 bits per heavy atom. The van der Waals surface area contributed by atoms with Crippen LogP contribution in [0.5, 0.6) is 5.75 Å². The molecule has 2 aromatic rings. The first-order chi connectivity index (χ1) is 8.47. The molecule has 0 saturated heterocycles. The zero-order valence-electron chi connectivity index (χ0n) is 10.6. The number of nitrogens with one attached hydrogen (secondary N) is 1. The quantitative estimate of drug-likeness (QED) is 0.811. The lowest BCUT2D eigenvalue weighted by molar-refractivity contribution is 0.103. The molecule has 0 bridgehead atoms. The van der Waals surface area contributed by atoms with E-state index in [-0.39, 0.29) is 11.7 Å². The molecule has 0 saturated carbocycles. The van der Waals surface area contributed by atoms with Gasteiger partial charge in [-0.15, -0.1) is 11.3 Å². The van der Waals surface area contributed by atoms with Crippen molar-refractivity contribution in [3.8, 4) is 5.75 Å². The van der Waals surface area contributed by atoms with E-state index in [0.717, 1.165) is 16.0 Å². The second-order valence-corrected chi connectivity index (χ2v) is 5.58. The van der Waals surface area contributed by atoms with Gasteiger partial charge in [-0.25, -0.2) is 0 Å². The van der Waals surface area contributed by atoms with Crippen LogP contribution >= 0.6 is 11.3 Å². The van der Waals surface area contributed by atoms with Crippen molar-refractivity contribution in [2.45, 2.75) is 20.8 Å². The molecule has 0 radical (unpaired) electrons. The van der Waals surface area contributed by atoms with Crippen molar-refractivity contribution in [3.05, 3.63) is 45.1 Å². The summed E-state index contributed by atoms with van der Waals surface area (Å²) in [5.74, 6) is -0.0938. The molecule has 0 aliphatic rings. The molecular formula is C14H15NO2S. The third kappa shape index (κ3) is 2.54. The van der Waals surface area contributed by atoms with E-state index < -0.39 is 0 Å². The number of anilines is 1. The lowest BCUT2D eigenvalue weighted by atomic mass is 10.2. The van der Waals surface area contributed by atoms with Crippen LogP contribution in [0.4, 0.5) is 5.69 Å². The maximum absolute atomic E-state index is 12.0. The number of rotatable bonds is 2. The van der Waals surface area contributed by atoms with Gasteiger partial charge in [0.1, 0.15) is 5.75 Å². The van der Waals surface area contributed by atoms with Gasteiger partial charge in [0.15, 0.2) is 0 Å². The molecule has 18 heavy (non-hydrogen) atoms. The van der Waals surface area contributed by atoms with Gasteiger partial charge >= 0.3 is 0 Å². The monoisotopic (exact) mass is 261 g/mol. The Labute approximate surface area is 110 Å². The first kappa shape index (κ1) is 12.6. The van der Waals surface area contributed by atoms with Crippen LogP contribution < -0.4 is 5.32 Å². The summed E-state index contributed by atoms with van der Waals surface area (Å²) in [5, 5.41) is 12.5. The van der Waals surface area contributed by atoms with Crippen LogP contribution in [-0.2, 0) is 0 Å². The highest BCUT2D eigenvalue weighted by atomic mass is 32.1. The first-order valence-electron chi connectivity index (χ1n) is 5.65. The maximum atomic E-state index is 12.0. The molecular weight excluding hydrogens is 246 g/mol. The molecule has 4 heteroatoms. The van der Waals surface area contributed by atoms with Crippen LogP contribution in [0.3, 0.4) is 0 Å². The summed E-state index contributed by atoms with van der Waals surface area (Å²) in [6, 6.07) is 7.04. The average molecular weight is 261 g/mol. The highest BCUT2D eigenvalue weighted by molar-refractivity contribution is 7.14. The van der Waals surface area contributed by atoms with Gasteiger partial charge in [0.05, 0.1) is 10.6 Å². The Morgan fingerprint density at radius 2 is 1.94 bits per heavy atom. The summed E-state index contributed by atoms with van der Waals surface area (Å²) in [6.45, 7) is 5.85. The summed E-state index contributed by atoms with van der Waals surface area (Å²) < 4.78 is 0. The molecule has 0 aliphatic heterocycles. The van der Waals surface area contributed by atoms with Crippen molar-refractivity contribution in [2.75, 3.05) is 5.32 Å². The molecule has 94 valence electrons. The van der Waals surface area contributed by atoms with Gasteiger partial charge in [-0.05, 0) is 50.1 Å². The summed E-state index contributed by atoms with van der Waals surface area (Å²) in [6.07, 6.45) is 0. The Balaban J connectivity index is 2.21. The van der Waals surface area contributed by atoms with E-state index in [0.29, 0.717) is 10.6 Å². The fourth-order valence-electron chi connectivity index (χ4n) is 1.62. The third-order valence-corrected chi connectivity index (χ3v) is 3.94. The minimum Gasteiger partial charge on any atom is -0.506 e. The van der Waals surface area contributed by atoms with Gasteiger partial charge in [0.2, 0.25) is 0 Å². The maximum Gasteiger partial charge on any atom is 0.265 e. The fourth-order valence-corrected chi connectivity index (χ4v) is 2.55. The van der Waals surface area contributed by atoms with Crippen LogP contribution in [0, 0.1) is 20.8 Å². The van der Waals surface area contributed by atoms with Crippen LogP contribution in [0.2, 0.25) is 0 Å². The van der Waals surface area contributed by atoms with Crippen LogP contribution in [0.1, 0.15) is 25.7 Å². The second-order valence-electron chi connectivity index (χ2n) is 4.32. The van der Waals surface area contributed by atoms with Gasteiger partial charge in [0.25, 0.3) is 5.91 Å². The van der Waals surface area contributed by atoms with Crippen LogP contribution in [-0.4, -0.2) is 11.0 Å². The van der Waals surface area contributed by atoms with Crippen molar-refractivity contribution < 1.29 is 9.90 Å². The Morgan fingerprint density at radius 1 is 1.22 bits per heavy atom. The number of benzene rings is 1. The molecule has 0 fully saturated rings. The topological polar surface area (TPSA) is 49.3 Å². The normalized spacial score (nSPS) is 10.4. The molecule has 3 nitrogen and oxygen atoms in total. The van der Waals surface area contributed by atoms with Gasteiger partial charge in [-0.1, -0.05) is 6.07 Å². The van der Waals surface area contributed by atoms with E-state index in [2.05, 4.69) is 5.32 Å². The molecule has 2 rings (SSSR count). The lowest BCUT2D eigenvalue weighted by Crippen LogP contribution is -2.10. The van der Waals surface area contributed by atoms with Crippen LogP contribution in [0.25, 0.3) is 0 Å². The number of phenolic OH excluding ortho intramolecular Hbond substituents is 1. The van der Waals surface area contributed by atoms with E-state index in [1.165, 1.54) is 11.3 Å². The van der Waals surface area contributed by atoms with E-state index in [9.17, 15) is 9.90 Å². The van der Waals surface area contributed by atoms with Gasteiger partial charge in [-0.2, -0.15) is 0 Å². The van der Waals surface area contributed by atoms with Crippen molar-refractivity contribution in [1.82, 2.24) is 0 Å². The number of aryl methyl sites for hydroxylation is 3. The van der Waals surface area contributed by atoms with E-state index in [4.69, 9.17) is 0 Å². The number of hydrogen-bond acceptors (Lipinski definition) is 3. The number of thiophene rings is 1. The number of carbonyl (C=O) groups is 1. The number of carbonyl (C=O) groups excluding carboxylic acids is 1. The standard InChI is InChI=1S/C14H15NO2S/c1-8-4-5-11(12(16)6-8)15-14(17)13-7-9(2)10(3)18-13/h4-7,16H,1-3H3,(H,15,17). The molecule has 1 aromatic heterocycles. The highest BCUT2D eigenvalue weighted by Crippen LogP contribution is 2.26. The average Bonchev–Trinajstić information content (AvgIpc) is 2.63. The zero-order valence-corrected chi connectivity index (χ0v) is 11.4. The molecule has 0 atom stereocenters. The predicted octanol–water partition coefficient (Wildman–Crippen LogP) is 3.63. The molecule has 0 spiro atoms. The zero-order chi connectivity index (χ0) is 13.3. The first-order valence-corrected chi connectivity index (χ1v) is 6.47. The molecule has 1 aromatic carbocycles. The number of amides is 1. The molecule has 0 unspecified atom stereocenters. The van der Waals surface area contributed by atoms with Crippen molar-refractivity contribution in [2.24, 2.45) is 0 Å². The Kier molecular flexibility index (Phi) is 3.39. The lowest BCUT2D eigenvalue weighted by Gasteiger charge is -2.06. The van der Waals surface area contributed by atoms with Crippen LogP contribution in [0.15, 0.2) is 24.3 Å². The van der Waals surface area contributed by atoms with Gasteiger partial charge in [-0.3, -0.25) is 4.79 Å². The SMILES string of the molecule is Cc1ccc(NC(=O)c2cc(C)c(C)s2)c(O)c1. The number of phenols is 1. The molecule has 1 amide bonds. The molecule has 0 aliphatic carbocycles. The van der Waals surface area contributed by atoms with Crippen molar-refractivity contribution in [1.29, 1.82) is 0 Å². The Hall–Kier alpha value is -1.81. The van der Waals surface area contributed by atoms with Gasteiger partial charge < -0.3 is 10.4 Å². The van der Waals surface area contributed by atoms with E-state index in [1.807, 2.05) is 32.9 Å². The number of hydrogen-bond donors (Lipinski definition) is 2. The summed E-state index contributed by atoms with van der Waals surface area (Å²) in [7, 11) is 0. The van der Waals surface area contributed by atoms with E-state index in [1.54, 1.807) is 12.1 Å². The summed E-state index contributed by atoms with van der Waals surface area (Å²) >= 11 is 1.46.